The third-order valence-electron chi connectivity index (χ3n) is 2.51. The van der Waals surface area contributed by atoms with Gasteiger partial charge in [0.2, 0.25) is 0 Å². The monoisotopic (exact) mass is 255 g/mol. The van der Waals surface area contributed by atoms with Crippen LogP contribution in [0, 0.1) is 6.92 Å². The molecule has 5 heteroatoms. The van der Waals surface area contributed by atoms with Crippen LogP contribution in [0.3, 0.4) is 0 Å². The molecule has 0 aliphatic heterocycles. The summed E-state index contributed by atoms with van der Waals surface area (Å²) in [5.41, 5.74) is 1.10. The lowest BCUT2D eigenvalue weighted by atomic mass is 10.2. The summed E-state index contributed by atoms with van der Waals surface area (Å²) in [5.74, 6) is 0.718. The van der Waals surface area contributed by atoms with Crippen molar-refractivity contribution in [1.29, 1.82) is 0 Å². The topological polar surface area (TPSA) is 82.0 Å². The molecule has 0 fully saturated rings. The Hall–Kier alpha value is -1.14. The van der Waals surface area contributed by atoms with Gasteiger partial charge in [0.15, 0.2) is 0 Å². The minimum Gasteiger partial charge on any atom is -0.491 e. The third kappa shape index (κ3) is 5.46. The summed E-state index contributed by atoms with van der Waals surface area (Å²) in [7, 11) is 0. The van der Waals surface area contributed by atoms with Gasteiger partial charge in [-0.1, -0.05) is 12.1 Å². The van der Waals surface area contributed by atoms with E-state index in [-0.39, 0.29) is 26.4 Å². The van der Waals surface area contributed by atoms with Crippen LogP contribution in [0.1, 0.15) is 5.56 Å². The van der Waals surface area contributed by atoms with Crippen molar-refractivity contribution < 1.29 is 20.1 Å². The lowest BCUT2D eigenvalue weighted by Gasteiger charge is -2.17. The molecule has 5 nitrogen and oxygen atoms in total. The summed E-state index contributed by atoms with van der Waals surface area (Å²) >= 11 is 0. The average Bonchev–Trinajstić information content (AvgIpc) is 2.37. The van der Waals surface area contributed by atoms with E-state index in [0.717, 1.165) is 11.3 Å². The molecule has 18 heavy (non-hydrogen) atoms. The maximum atomic E-state index is 9.67. The first-order valence-corrected chi connectivity index (χ1v) is 5.98. The zero-order valence-electron chi connectivity index (χ0n) is 10.5. The van der Waals surface area contributed by atoms with Crippen molar-refractivity contribution in [3.63, 3.8) is 0 Å². The van der Waals surface area contributed by atoms with E-state index < -0.39 is 12.1 Å². The number of aryl methyl sites for hydroxylation is 1. The predicted molar refractivity (Wildman–Crippen MR) is 68.6 cm³/mol. The highest BCUT2D eigenvalue weighted by Crippen LogP contribution is 2.12. The molecule has 0 saturated heterocycles. The van der Waals surface area contributed by atoms with E-state index in [4.69, 9.17) is 14.9 Å². The minimum atomic E-state index is -0.689. The van der Waals surface area contributed by atoms with E-state index >= 15 is 0 Å². The third-order valence-corrected chi connectivity index (χ3v) is 2.51. The number of benzene rings is 1. The first-order valence-electron chi connectivity index (χ1n) is 5.98. The van der Waals surface area contributed by atoms with Crippen LogP contribution in [0.25, 0.3) is 0 Å². The largest absolute Gasteiger partial charge is 0.491 e. The first kappa shape index (κ1) is 14.9. The summed E-state index contributed by atoms with van der Waals surface area (Å²) in [6.07, 6.45) is -0.689. The van der Waals surface area contributed by atoms with Gasteiger partial charge in [-0.25, -0.2) is 0 Å². The fraction of sp³-hybridized carbons (Fsp3) is 0.538. The Bertz CT molecular complexity index is 342. The molecule has 0 aromatic heterocycles. The maximum Gasteiger partial charge on any atom is 0.119 e. The van der Waals surface area contributed by atoms with E-state index in [1.807, 2.05) is 31.2 Å². The smallest absolute Gasteiger partial charge is 0.119 e. The SMILES string of the molecule is Cc1cccc(OCC(O)CNC(CO)CO)c1. The number of aliphatic hydroxyl groups excluding tert-OH is 3. The lowest BCUT2D eigenvalue weighted by Crippen LogP contribution is -2.41. The molecule has 0 bridgehead atoms. The average molecular weight is 255 g/mol. The number of aliphatic hydroxyl groups is 3. The molecule has 0 heterocycles. The standard InChI is InChI=1S/C13H21NO4/c1-10-3-2-4-13(5-10)18-9-12(17)6-14-11(7-15)8-16/h2-5,11-12,14-17H,6-9H2,1H3. The van der Waals surface area contributed by atoms with Crippen LogP contribution in [-0.4, -0.2) is 53.8 Å². The van der Waals surface area contributed by atoms with E-state index in [1.165, 1.54) is 0 Å². The van der Waals surface area contributed by atoms with Crippen LogP contribution in [0.2, 0.25) is 0 Å². The normalized spacial score (nSPS) is 12.7. The fourth-order valence-corrected chi connectivity index (χ4v) is 1.45. The highest BCUT2D eigenvalue weighted by molar-refractivity contribution is 5.27. The zero-order chi connectivity index (χ0) is 13.4. The van der Waals surface area contributed by atoms with Gasteiger partial charge in [0.05, 0.1) is 19.3 Å². The molecular weight excluding hydrogens is 234 g/mol. The molecule has 1 aromatic carbocycles. The molecule has 1 rings (SSSR count). The van der Waals surface area contributed by atoms with Crippen LogP contribution < -0.4 is 10.1 Å². The quantitative estimate of drug-likeness (QED) is 0.512. The summed E-state index contributed by atoms with van der Waals surface area (Å²) in [6, 6.07) is 7.18. The van der Waals surface area contributed by atoms with Gasteiger partial charge in [0.25, 0.3) is 0 Å². The number of rotatable bonds is 8. The predicted octanol–water partition coefficient (Wildman–Crippen LogP) is -0.322. The van der Waals surface area contributed by atoms with E-state index in [2.05, 4.69) is 5.32 Å². The molecular formula is C13H21NO4. The molecule has 0 amide bonds. The van der Waals surface area contributed by atoms with Gasteiger partial charge < -0.3 is 25.4 Å². The van der Waals surface area contributed by atoms with Gasteiger partial charge in [-0.15, -0.1) is 0 Å². The summed E-state index contributed by atoms with van der Waals surface area (Å²) in [5, 5.41) is 30.2. The lowest BCUT2D eigenvalue weighted by molar-refractivity contribution is 0.0929. The molecule has 0 saturated carbocycles. The summed E-state index contributed by atoms with van der Waals surface area (Å²) < 4.78 is 5.43. The van der Waals surface area contributed by atoms with Crippen molar-refractivity contribution in [1.82, 2.24) is 5.32 Å². The molecule has 0 aliphatic rings. The fourth-order valence-electron chi connectivity index (χ4n) is 1.45. The number of hydrogen-bond acceptors (Lipinski definition) is 5. The second kappa shape index (κ2) is 8.05. The van der Waals surface area contributed by atoms with Gasteiger partial charge in [0.1, 0.15) is 18.5 Å². The minimum absolute atomic E-state index is 0.165. The molecule has 0 spiro atoms. The van der Waals surface area contributed by atoms with Gasteiger partial charge in [-0.2, -0.15) is 0 Å². The van der Waals surface area contributed by atoms with Crippen molar-refractivity contribution in [2.24, 2.45) is 0 Å². The van der Waals surface area contributed by atoms with E-state index in [0.29, 0.717) is 0 Å². The molecule has 1 atom stereocenters. The molecule has 4 N–H and O–H groups in total. The van der Waals surface area contributed by atoms with E-state index in [9.17, 15) is 5.11 Å². The van der Waals surface area contributed by atoms with Gasteiger partial charge in [0, 0.05) is 6.54 Å². The zero-order valence-corrected chi connectivity index (χ0v) is 10.5. The van der Waals surface area contributed by atoms with Crippen LogP contribution in [0.5, 0.6) is 5.75 Å². The van der Waals surface area contributed by atoms with Crippen molar-refractivity contribution >= 4 is 0 Å². The molecule has 1 aromatic rings. The first-order chi connectivity index (χ1) is 8.65. The van der Waals surface area contributed by atoms with E-state index in [1.54, 1.807) is 0 Å². The molecule has 102 valence electrons. The van der Waals surface area contributed by atoms with Gasteiger partial charge >= 0.3 is 0 Å². The van der Waals surface area contributed by atoms with Crippen molar-refractivity contribution in [3.05, 3.63) is 29.8 Å². The number of ether oxygens (including phenoxy) is 1. The van der Waals surface area contributed by atoms with Crippen molar-refractivity contribution in [2.75, 3.05) is 26.4 Å². The Balaban J connectivity index is 2.26. The van der Waals surface area contributed by atoms with Crippen molar-refractivity contribution in [2.45, 2.75) is 19.1 Å². The summed E-state index contributed by atoms with van der Waals surface area (Å²) in [6.45, 7) is 2.07. The number of hydrogen-bond donors (Lipinski definition) is 4. The number of nitrogens with one attached hydrogen (secondary N) is 1. The van der Waals surface area contributed by atoms with Crippen molar-refractivity contribution in [3.8, 4) is 5.75 Å². The Morgan fingerprint density at radius 3 is 2.61 bits per heavy atom. The molecule has 0 radical (unpaired) electrons. The second-order valence-corrected chi connectivity index (χ2v) is 4.25. The molecule has 1 unspecified atom stereocenters. The highest BCUT2D eigenvalue weighted by atomic mass is 16.5. The Labute approximate surface area is 107 Å². The molecule has 0 aliphatic carbocycles. The van der Waals surface area contributed by atoms with Crippen LogP contribution >= 0.6 is 0 Å². The second-order valence-electron chi connectivity index (χ2n) is 4.25. The van der Waals surface area contributed by atoms with Gasteiger partial charge in [-0.3, -0.25) is 0 Å². The Morgan fingerprint density at radius 2 is 2.00 bits per heavy atom. The van der Waals surface area contributed by atoms with Crippen LogP contribution in [0.4, 0.5) is 0 Å². The Kier molecular flexibility index (Phi) is 6.67. The summed E-state index contributed by atoms with van der Waals surface area (Å²) in [4.78, 5) is 0. The van der Waals surface area contributed by atoms with Crippen LogP contribution in [-0.2, 0) is 0 Å². The van der Waals surface area contributed by atoms with Crippen LogP contribution in [0.15, 0.2) is 24.3 Å². The highest BCUT2D eigenvalue weighted by Gasteiger charge is 2.09. The van der Waals surface area contributed by atoms with Gasteiger partial charge in [-0.05, 0) is 24.6 Å². The maximum absolute atomic E-state index is 9.67. The Morgan fingerprint density at radius 1 is 1.28 bits per heavy atom.